The van der Waals surface area contributed by atoms with Crippen molar-refractivity contribution in [2.24, 2.45) is 0 Å². The molecule has 0 spiro atoms. The molecule has 4 heteroatoms. The van der Waals surface area contributed by atoms with E-state index < -0.39 is 5.97 Å². The summed E-state index contributed by atoms with van der Waals surface area (Å²) in [5.74, 6) is -0.599. The first-order chi connectivity index (χ1) is 6.07. The van der Waals surface area contributed by atoms with Crippen LogP contribution in [0.15, 0.2) is 11.8 Å². The number of amides is 1. The van der Waals surface area contributed by atoms with Crippen molar-refractivity contribution in [3.05, 3.63) is 11.8 Å². The first kappa shape index (κ1) is 11.7. The van der Waals surface area contributed by atoms with Gasteiger partial charge in [0.2, 0.25) is 5.91 Å². The molecule has 1 N–H and O–H groups in total. The van der Waals surface area contributed by atoms with E-state index >= 15 is 0 Å². The fourth-order valence-corrected chi connectivity index (χ4v) is 0.577. The Bertz CT molecular complexity index is 221. The molecule has 0 aromatic carbocycles. The van der Waals surface area contributed by atoms with Crippen molar-refractivity contribution in [3.8, 4) is 0 Å². The van der Waals surface area contributed by atoms with E-state index in [-0.39, 0.29) is 5.91 Å². The van der Waals surface area contributed by atoms with Crippen molar-refractivity contribution in [2.45, 2.75) is 27.2 Å². The zero-order chi connectivity index (χ0) is 10.3. The molecule has 0 rings (SSSR count). The maximum atomic E-state index is 11.1. The molecule has 4 nitrogen and oxygen atoms in total. The Kier molecular flexibility index (Phi) is 5.59. The van der Waals surface area contributed by atoms with Crippen LogP contribution in [0, 0.1) is 0 Å². The van der Waals surface area contributed by atoms with Crippen LogP contribution in [0.5, 0.6) is 0 Å². The van der Waals surface area contributed by atoms with E-state index in [1.807, 2.05) is 6.92 Å². The van der Waals surface area contributed by atoms with Crippen molar-refractivity contribution in [1.82, 2.24) is 5.32 Å². The largest absolute Gasteiger partial charge is 0.462 e. The minimum atomic E-state index is -0.393. The average molecular weight is 185 g/mol. The van der Waals surface area contributed by atoms with Gasteiger partial charge in [-0.05, 0) is 13.3 Å². The van der Waals surface area contributed by atoms with Gasteiger partial charge >= 0.3 is 5.97 Å². The van der Waals surface area contributed by atoms with E-state index in [2.05, 4.69) is 5.32 Å². The van der Waals surface area contributed by atoms with Crippen molar-refractivity contribution in [2.75, 3.05) is 6.61 Å². The topological polar surface area (TPSA) is 55.4 Å². The van der Waals surface area contributed by atoms with Crippen LogP contribution in [-0.4, -0.2) is 18.5 Å². The van der Waals surface area contributed by atoms with Crippen LogP contribution in [-0.2, 0) is 14.3 Å². The normalized spacial score (nSPS) is 10.8. The highest BCUT2D eigenvalue weighted by molar-refractivity contribution is 5.88. The maximum Gasteiger partial charge on any atom is 0.335 e. The molecule has 1 amide bonds. The molecule has 0 aliphatic rings. The van der Waals surface area contributed by atoms with Gasteiger partial charge in [-0.3, -0.25) is 4.79 Å². The third kappa shape index (κ3) is 5.90. The lowest BCUT2D eigenvalue weighted by atomic mass is 10.3. The van der Waals surface area contributed by atoms with E-state index in [4.69, 9.17) is 4.74 Å². The predicted molar refractivity (Wildman–Crippen MR) is 48.8 cm³/mol. The third-order valence-corrected chi connectivity index (χ3v) is 1.25. The lowest BCUT2D eigenvalue weighted by molar-refractivity contribution is -0.139. The molecule has 0 aromatic rings. The van der Waals surface area contributed by atoms with E-state index in [0.29, 0.717) is 12.2 Å². The number of rotatable bonds is 4. The second-order valence-corrected chi connectivity index (χ2v) is 2.66. The van der Waals surface area contributed by atoms with Crippen molar-refractivity contribution in [1.29, 1.82) is 0 Å². The quantitative estimate of drug-likeness (QED) is 0.524. The van der Waals surface area contributed by atoms with Crippen LogP contribution < -0.4 is 5.32 Å². The molecular weight excluding hydrogens is 170 g/mol. The van der Waals surface area contributed by atoms with Gasteiger partial charge < -0.3 is 10.1 Å². The Labute approximate surface area is 78.0 Å². The highest BCUT2D eigenvalue weighted by Gasteiger charge is 2.04. The van der Waals surface area contributed by atoms with Crippen LogP contribution in [0.1, 0.15) is 27.2 Å². The van der Waals surface area contributed by atoms with Crippen LogP contribution in [0.3, 0.4) is 0 Å². The first-order valence-corrected chi connectivity index (χ1v) is 4.19. The summed E-state index contributed by atoms with van der Waals surface area (Å²) in [4.78, 5) is 21.5. The van der Waals surface area contributed by atoms with Gasteiger partial charge in [-0.25, -0.2) is 4.79 Å². The molecule has 0 radical (unpaired) electrons. The minimum Gasteiger partial charge on any atom is -0.462 e. The summed E-state index contributed by atoms with van der Waals surface area (Å²) >= 11 is 0. The molecule has 0 fully saturated rings. The molecule has 0 aliphatic heterocycles. The summed E-state index contributed by atoms with van der Waals surface area (Å²) in [6.45, 7) is 5.29. The number of hydrogen-bond acceptors (Lipinski definition) is 3. The second kappa shape index (κ2) is 6.22. The fraction of sp³-hybridized carbons (Fsp3) is 0.556. The summed E-state index contributed by atoms with van der Waals surface area (Å²) in [5, 5.41) is 2.40. The number of hydrogen-bond donors (Lipinski definition) is 1. The summed E-state index contributed by atoms with van der Waals surface area (Å²) < 4.78 is 4.83. The predicted octanol–water partition coefficient (Wildman–Crippen LogP) is 0.980. The van der Waals surface area contributed by atoms with Crippen LogP contribution >= 0.6 is 0 Å². The lowest BCUT2D eigenvalue weighted by Gasteiger charge is -2.02. The summed E-state index contributed by atoms with van der Waals surface area (Å²) in [7, 11) is 0. The summed E-state index contributed by atoms with van der Waals surface area (Å²) in [6.07, 6.45) is 2.14. The lowest BCUT2D eigenvalue weighted by Crippen LogP contribution is -2.15. The maximum absolute atomic E-state index is 11.1. The number of carbonyl (C=O) groups is 2. The molecular formula is C9H15NO3. The number of esters is 1. The fourth-order valence-electron chi connectivity index (χ4n) is 0.577. The molecule has 0 bridgehead atoms. The van der Waals surface area contributed by atoms with Crippen molar-refractivity contribution >= 4 is 11.9 Å². The highest BCUT2D eigenvalue weighted by atomic mass is 16.5. The summed E-state index contributed by atoms with van der Waals surface area (Å²) in [5.41, 5.74) is 0.392. The molecule has 0 heterocycles. The Balaban J connectivity index is 3.93. The van der Waals surface area contributed by atoms with Crippen LogP contribution in [0.2, 0.25) is 0 Å². The SMILES string of the molecule is CCCOC(=O)C(C)=CNC(C)=O. The standard InChI is InChI=1S/C9H15NO3/c1-4-5-13-9(12)7(2)6-10-8(3)11/h6H,4-5H2,1-3H3,(H,10,11). The van der Waals surface area contributed by atoms with Gasteiger partial charge in [0.25, 0.3) is 0 Å². The molecule has 0 unspecified atom stereocenters. The van der Waals surface area contributed by atoms with Crippen LogP contribution in [0.25, 0.3) is 0 Å². The molecule has 13 heavy (non-hydrogen) atoms. The van der Waals surface area contributed by atoms with E-state index in [1.165, 1.54) is 13.1 Å². The van der Waals surface area contributed by atoms with Gasteiger partial charge in [-0.1, -0.05) is 6.92 Å². The van der Waals surface area contributed by atoms with Gasteiger partial charge in [0.15, 0.2) is 0 Å². The minimum absolute atomic E-state index is 0.206. The van der Waals surface area contributed by atoms with Gasteiger partial charge in [0, 0.05) is 13.1 Å². The average Bonchev–Trinajstić information content (AvgIpc) is 2.10. The molecule has 0 saturated carbocycles. The second-order valence-electron chi connectivity index (χ2n) is 2.66. The van der Waals surface area contributed by atoms with Gasteiger partial charge in [-0.2, -0.15) is 0 Å². The number of ether oxygens (including phenoxy) is 1. The van der Waals surface area contributed by atoms with Gasteiger partial charge in [-0.15, -0.1) is 0 Å². The third-order valence-electron chi connectivity index (χ3n) is 1.25. The van der Waals surface area contributed by atoms with Crippen molar-refractivity contribution < 1.29 is 14.3 Å². The Morgan fingerprint density at radius 1 is 1.38 bits per heavy atom. The molecule has 0 aliphatic carbocycles. The van der Waals surface area contributed by atoms with E-state index in [9.17, 15) is 9.59 Å². The van der Waals surface area contributed by atoms with Crippen molar-refractivity contribution in [3.63, 3.8) is 0 Å². The number of nitrogens with one attached hydrogen (secondary N) is 1. The molecule has 0 saturated heterocycles. The highest BCUT2D eigenvalue weighted by Crippen LogP contribution is 1.95. The van der Waals surface area contributed by atoms with Crippen LogP contribution in [0.4, 0.5) is 0 Å². The molecule has 0 atom stereocenters. The first-order valence-electron chi connectivity index (χ1n) is 4.19. The monoisotopic (exact) mass is 185 g/mol. The zero-order valence-corrected chi connectivity index (χ0v) is 8.22. The Morgan fingerprint density at radius 3 is 2.46 bits per heavy atom. The summed E-state index contributed by atoms with van der Waals surface area (Å²) in [6, 6.07) is 0. The zero-order valence-electron chi connectivity index (χ0n) is 8.22. The molecule has 74 valence electrons. The van der Waals surface area contributed by atoms with E-state index in [1.54, 1.807) is 6.92 Å². The number of carbonyl (C=O) groups excluding carboxylic acids is 2. The Morgan fingerprint density at radius 2 is 2.00 bits per heavy atom. The van der Waals surface area contributed by atoms with Gasteiger partial charge in [0.1, 0.15) is 0 Å². The van der Waals surface area contributed by atoms with E-state index in [0.717, 1.165) is 6.42 Å². The Hall–Kier alpha value is -1.32. The molecule has 0 aromatic heterocycles. The van der Waals surface area contributed by atoms with Gasteiger partial charge in [0.05, 0.1) is 12.2 Å². The smallest absolute Gasteiger partial charge is 0.335 e.